The van der Waals surface area contributed by atoms with E-state index in [0.717, 1.165) is 12.1 Å². The van der Waals surface area contributed by atoms with E-state index in [2.05, 4.69) is 5.32 Å². The van der Waals surface area contributed by atoms with Gasteiger partial charge in [0.25, 0.3) is 0 Å². The van der Waals surface area contributed by atoms with Crippen molar-refractivity contribution in [3.63, 3.8) is 0 Å². The maximum atomic E-state index is 12.9. The Kier molecular flexibility index (Phi) is 5.63. The number of carbonyl (C=O) groups is 1. The minimum atomic E-state index is -0.232. The molecule has 0 saturated heterocycles. The van der Waals surface area contributed by atoms with Crippen molar-refractivity contribution in [1.29, 1.82) is 0 Å². The van der Waals surface area contributed by atoms with Crippen LogP contribution in [-0.4, -0.2) is 37.5 Å². The minimum absolute atomic E-state index is 0.0586. The summed E-state index contributed by atoms with van der Waals surface area (Å²) in [5.74, 6) is -0.174. The number of nitrogens with zero attached hydrogens (tertiary/aromatic N) is 1. The molecular weight excluding hydrogens is 219 g/mol. The van der Waals surface area contributed by atoms with E-state index >= 15 is 0 Å². The molecule has 1 rings (SSSR count). The fourth-order valence-electron chi connectivity index (χ4n) is 1.48. The smallest absolute Gasteiger partial charge is 0.236 e. The monoisotopic (exact) mass is 238 g/mol. The Morgan fingerprint density at radius 1 is 1.47 bits per heavy atom. The molecule has 1 aromatic carbocycles. The molecule has 0 unspecified atom stereocenters. The van der Waals surface area contributed by atoms with E-state index in [9.17, 15) is 9.18 Å². The normalized spacial score (nSPS) is 10.3. The van der Waals surface area contributed by atoms with Crippen molar-refractivity contribution < 1.29 is 9.18 Å². The molecule has 17 heavy (non-hydrogen) atoms. The number of amides is 1. The van der Waals surface area contributed by atoms with Crippen molar-refractivity contribution in [2.75, 3.05) is 26.7 Å². The molecule has 1 aromatic rings. The van der Waals surface area contributed by atoms with Crippen molar-refractivity contribution >= 4 is 5.91 Å². The number of benzene rings is 1. The summed E-state index contributed by atoms with van der Waals surface area (Å²) >= 11 is 0. The van der Waals surface area contributed by atoms with E-state index in [1.807, 2.05) is 13.0 Å². The highest BCUT2D eigenvalue weighted by Gasteiger charge is 2.07. The molecule has 0 aliphatic carbocycles. The van der Waals surface area contributed by atoms with E-state index in [1.165, 1.54) is 12.1 Å². The third-order valence-electron chi connectivity index (χ3n) is 2.58. The zero-order valence-corrected chi connectivity index (χ0v) is 10.4. The van der Waals surface area contributed by atoms with Crippen LogP contribution in [0.25, 0.3) is 0 Å². The average Bonchev–Trinajstić information content (AvgIpc) is 2.33. The standard InChI is InChI=1S/C13H19FN2O/c1-3-15-10-13(17)16(2)8-7-11-5-4-6-12(14)9-11/h4-6,9,15H,3,7-8,10H2,1-2H3. The van der Waals surface area contributed by atoms with Crippen molar-refractivity contribution in [3.05, 3.63) is 35.6 Å². The van der Waals surface area contributed by atoms with Gasteiger partial charge >= 0.3 is 0 Å². The number of halogens is 1. The molecular formula is C13H19FN2O. The Hall–Kier alpha value is -1.42. The van der Waals surface area contributed by atoms with Crippen LogP contribution in [0.1, 0.15) is 12.5 Å². The molecule has 0 fully saturated rings. The van der Waals surface area contributed by atoms with Gasteiger partial charge in [-0.15, -0.1) is 0 Å². The molecule has 0 atom stereocenters. The molecule has 0 aliphatic heterocycles. The van der Waals surface area contributed by atoms with Gasteiger partial charge in [0.2, 0.25) is 5.91 Å². The summed E-state index contributed by atoms with van der Waals surface area (Å²) < 4.78 is 12.9. The van der Waals surface area contributed by atoms with E-state index < -0.39 is 0 Å². The third kappa shape index (κ3) is 4.95. The molecule has 1 amide bonds. The number of rotatable bonds is 6. The lowest BCUT2D eigenvalue weighted by Crippen LogP contribution is -2.36. The first kappa shape index (κ1) is 13.6. The maximum Gasteiger partial charge on any atom is 0.236 e. The number of likely N-dealkylation sites (N-methyl/N-ethyl adjacent to an activating group) is 2. The second kappa shape index (κ2) is 7.01. The lowest BCUT2D eigenvalue weighted by molar-refractivity contribution is -0.128. The molecule has 0 heterocycles. The summed E-state index contributed by atoms with van der Waals surface area (Å²) in [5, 5.41) is 2.99. The SMILES string of the molecule is CCNCC(=O)N(C)CCc1cccc(F)c1. The van der Waals surface area contributed by atoms with Gasteiger partial charge in [-0.1, -0.05) is 19.1 Å². The third-order valence-corrected chi connectivity index (χ3v) is 2.58. The summed E-state index contributed by atoms with van der Waals surface area (Å²) in [4.78, 5) is 13.2. The Labute approximate surface area is 102 Å². The Morgan fingerprint density at radius 2 is 2.24 bits per heavy atom. The Balaban J connectivity index is 2.37. The molecule has 0 radical (unpaired) electrons. The molecule has 0 aromatic heterocycles. The topological polar surface area (TPSA) is 32.3 Å². The minimum Gasteiger partial charge on any atom is -0.344 e. The summed E-state index contributed by atoms with van der Waals surface area (Å²) in [6.45, 7) is 3.70. The molecule has 0 bridgehead atoms. The van der Waals surface area contributed by atoms with Crippen LogP contribution < -0.4 is 5.32 Å². The van der Waals surface area contributed by atoms with Crippen LogP contribution in [0.3, 0.4) is 0 Å². The molecule has 4 heteroatoms. The molecule has 0 aliphatic rings. The molecule has 1 N–H and O–H groups in total. The highest BCUT2D eigenvalue weighted by Crippen LogP contribution is 2.04. The lowest BCUT2D eigenvalue weighted by atomic mass is 10.1. The van der Waals surface area contributed by atoms with Gasteiger partial charge in [-0.25, -0.2) is 4.39 Å². The number of carbonyl (C=O) groups excluding carboxylic acids is 1. The highest BCUT2D eigenvalue weighted by atomic mass is 19.1. The first-order chi connectivity index (χ1) is 8.13. The second-order valence-corrected chi connectivity index (χ2v) is 3.98. The average molecular weight is 238 g/mol. The first-order valence-electron chi connectivity index (χ1n) is 5.82. The van der Waals surface area contributed by atoms with Crippen molar-refractivity contribution in [2.45, 2.75) is 13.3 Å². The first-order valence-corrected chi connectivity index (χ1v) is 5.82. The predicted molar refractivity (Wildman–Crippen MR) is 66.3 cm³/mol. The van der Waals surface area contributed by atoms with E-state index in [1.54, 1.807) is 18.0 Å². The van der Waals surface area contributed by atoms with Gasteiger partial charge in [-0.05, 0) is 30.7 Å². The summed E-state index contributed by atoms with van der Waals surface area (Å²) in [7, 11) is 1.76. The molecule has 0 saturated carbocycles. The van der Waals surface area contributed by atoms with Crippen LogP contribution in [0, 0.1) is 5.82 Å². The van der Waals surface area contributed by atoms with E-state index in [-0.39, 0.29) is 11.7 Å². The van der Waals surface area contributed by atoms with Gasteiger partial charge in [0.1, 0.15) is 5.82 Å². The van der Waals surface area contributed by atoms with Crippen molar-refractivity contribution in [2.24, 2.45) is 0 Å². The summed E-state index contributed by atoms with van der Waals surface area (Å²) in [6, 6.07) is 6.48. The van der Waals surface area contributed by atoms with E-state index in [4.69, 9.17) is 0 Å². The molecule has 3 nitrogen and oxygen atoms in total. The van der Waals surface area contributed by atoms with Crippen LogP contribution in [0.15, 0.2) is 24.3 Å². The Bertz CT molecular complexity index is 368. The van der Waals surface area contributed by atoms with Gasteiger partial charge in [-0.3, -0.25) is 4.79 Å². The van der Waals surface area contributed by atoms with Crippen LogP contribution in [0.5, 0.6) is 0 Å². The van der Waals surface area contributed by atoms with Gasteiger partial charge in [0, 0.05) is 13.6 Å². The van der Waals surface area contributed by atoms with Crippen molar-refractivity contribution in [1.82, 2.24) is 10.2 Å². The maximum absolute atomic E-state index is 12.9. The molecule has 94 valence electrons. The quantitative estimate of drug-likeness (QED) is 0.813. The Morgan fingerprint density at radius 3 is 2.88 bits per heavy atom. The van der Waals surface area contributed by atoms with E-state index in [0.29, 0.717) is 19.5 Å². The fraction of sp³-hybridized carbons (Fsp3) is 0.462. The van der Waals surface area contributed by atoms with Gasteiger partial charge in [-0.2, -0.15) is 0 Å². The van der Waals surface area contributed by atoms with Crippen LogP contribution in [0.4, 0.5) is 4.39 Å². The largest absolute Gasteiger partial charge is 0.344 e. The fourth-order valence-corrected chi connectivity index (χ4v) is 1.48. The van der Waals surface area contributed by atoms with Crippen LogP contribution in [-0.2, 0) is 11.2 Å². The number of hydrogen-bond acceptors (Lipinski definition) is 2. The van der Waals surface area contributed by atoms with Gasteiger partial charge in [0.15, 0.2) is 0 Å². The number of nitrogens with one attached hydrogen (secondary N) is 1. The number of hydrogen-bond donors (Lipinski definition) is 1. The lowest BCUT2D eigenvalue weighted by Gasteiger charge is -2.17. The summed E-state index contributed by atoms with van der Waals surface area (Å²) in [5.41, 5.74) is 0.910. The second-order valence-electron chi connectivity index (χ2n) is 3.98. The van der Waals surface area contributed by atoms with Crippen molar-refractivity contribution in [3.8, 4) is 0 Å². The predicted octanol–water partition coefficient (Wildman–Crippen LogP) is 1.44. The van der Waals surface area contributed by atoms with Crippen LogP contribution in [0.2, 0.25) is 0 Å². The highest BCUT2D eigenvalue weighted by molar-refractivity contribution is 5.77. The van der Waals surface area contributed by atoms with Gasteiger partial charge in [0.05, 0.1) is 6.54 Å². The zero-order valence-electron chi connectivity index (χ0n) is 10.4. The molecule has 0 spiro atoms. The van der Waals surface area contributed by atoms with Crippen LogP contribution >= 0.6 is 0 Å². The zero-order chi connectivity index (χ0) is 12.7. The summed E-state index contributed by atoms with van der Waals surface area (Å²) in [6.07, 6.45) is 0.673. The van der Waals surface area contributed by atoms with Gasteiger partial charge < -0.3 is 10.2 Å².